The lowest BCUT2D eigenvalue weighted by molar-refractivity contribution is 0.0909. The molecule has 4 heteroatoms. The number of carbonyl (C=O) groups excluding carboxylic acids is 1. The number of fused-ring (bicyclic) bond motifs is 3. The Labute approximate surface area is 117 Å². The van der Waals surface area contributed by atoms with Crippen LogP contribution in [0.25, 0.3) is 11.0 Å². The van der Waals surface area contributed by atoms with Crippen molar-refractivity contribution in [3.05, 3.63) is 36.1 Å². The summed E-state index contributed by atoms with van der Waals surface area (Å²) in [4.78, 5) is 14.8. The zero-order chi connectivity index (χ0) is 13.5. The van der Waals surface area contributed by atoms with Gasteiger partial charge in [-0.1, -0.05) is 6.07 Å². The lowest BCUT2D eigenvalue weighted by Gasteiger charge is -2.30. The summed E-state index contributed by atoms with van der Waals surface area (Å²) in [5.74, 6) is 0.775. The molecule has 1 N–H and O–H groups in total. The van der Waals surface area contributed by atoms with E-state index in [1.165, 1.54) is 19.5 Å². The topological polar surface area (TPSA) is 45.5 Å². The monoisotopic (exact) mass is 270 g/mol. The van der Waals surface area contributed by atoms with Gasteiger partial charge >= 0.3 is 0 Å². The molecular formula is C16H18N2O2. The Bertz CT molecular complexity index is 637. The number of furan rings is 1. The molecule has 0 spiro atoms. The normalized spacial score (nSPS) is 28.7. The third-order valence-electron chi connectivity index (χ3n) is 4.52. The van der Waals surface area contributed by atoms with E-state index in [1.54, 1.807) is 6.26 Å². The molecule has 20 heavy (non-hydrogen) atoms. The first-order chi connectivity index (χ1) is 9.78. The molecule has 2 aliphatic rings. The number of nitrogens with one attached hydrogen (secondary N) is 1. The highest BCUT2D eigenvalue weighted by atomic mass is 16.3. The average Bonchev–Trinajstić information content (AvgIpc) is 3.04. The van der Waals surface area contributed by atoms with Crippen molar-refractivity contribution in [1.29, 1.82) is 0 Å². The van der Waals surface area contributed by atoms with Crippen LogP contribution in [0.4, 0.5) is 0 Å². The van der Waals surface area contributed by atoms with Crippen molar-refractivity contribution in [2.24, 2.45) is 5.92 Å². The minimum absolute atomic E-state index is 0.0100. The van der Waals surface area contributed by atoms with Gasteiger partial charge in [0, 0.05) is 30.1 Å². The van der Waals surface area contributed by atoms with E-state index in [4.69, 9.17) is 4.42 Å². The van der Waals surface area contributed by atoms with Crippen LogP contribution in [-0.4, -0.2) is 36.5 Å². The molecule has 2 aromatic rings. The first kappa shape index (κ1) is 12.0. The van der Waals surface area contributed by atoms with Crippen molar-refractivity contribution in [3.63, 3.8) is 0 Å². The van der Waals surface area contributed by atoms with Gasteiger partial charge in [-0.2, -0.15) is 0 Å². The molecule has 1 unspecified atom stereocenters. The smallest absolute Gasteiger partial charge is 0.251 e. The lowest BCUT2D eigenvalue weighted by atomic mass is 9.96. The second-order valence-electron chi connectivity index (χ2n) is 5.99. The van der Waals surface area contributed by atoms with E-state index in [9.17, 15) is 4.79 Å². The molecule has 1 amide bonds. The highest BCUT2D eigenvalue weighted by molar-refractivity contribution is 5.97. The van der Waals surface area contributed by atoms with Gasteiger partial charge in [0.2, 0.25) is 0 Å². The van der Waals surface area contributed by atoms with Crippen LogP contribution in [0.2, 0.25) is 0 Å². The van der Waals surface area contributed by atoms with Crippen molar-refractivity contribution >= 4 is 16.9 Å². The van der Waals surface area contributed by atoms with Gasteiger partial charge in [0.25, 0.3) is 5.91 Å². The molecular weight excluding hydrogens is 252 g/mol. The van der Waals surface area contributed by atoms with Crippen LogP contribution in [0.5, 0.6) is 0 Å². The minimum Gasteiger partial charge on any atom is -0.464 e. The van der Waals surface area contributed by atoms with Crippen LogP contribution in [0.15, 0.2) is 34.9 Å². The molecule has 1 aromatic carbocycles. The predicted molar refractivity (Wildman–Crippen MR) is 76.6 cm³/mol. The van der Waals surface area contributed by atoms with Crippen LogP contribution in [0, 0.1) is 5.92 Å². The van der Waals surface area contributed by atoms with Crippen molar-refractivity contribution in [2.45, 2.75) is 18.9 Å². The second kappa shape index (κ2) is 4.63. The predicted octanol–water partition coefficient (Wildman–Crippen LogP) is 2.26. The molecule has 2 aliphatic heterocycles. The average molecular weight is 270 g/mol. The van der Waals surface area contributed by atoms with E-state index in [-0.39, 0.29) is 11.9 Å². The summed E-state index contributed by atoms with van der Waals surface area (Å²) < 4.78 is 5.35. The first-order valence-electron chi connectivity index (χ1n) is 7.28. The summed E-state index contributed by atoms with van der Waals surface area (Å²) in [6.45, 7) is 3.39. The molecule has 0 aliphatic carbocycles. The van der Waals surface area contributed by atoms with E-state index in [1.807, 2.05) is 24.3 Å². The number of rotatable bonds is 2. The molecule has 0 radical (unpaired) electrons. The van der Waals surface area contributed by atoms with Crippen LogP contribution >= 0.6 is 0 Å². The van der Waals surface area contributed by atoms with Crippen LogP contribution in [-0.2, 0) is 0 Å². The van der Waals surface area contributed by atoms with Gasteiger partial charge in [0.1, 0.15) is 5.58 Å². The number of benzene rings is 1. The summed E-state index contributed by atoms with van der Waals surface area (Å²) in [7, 11) is 0. The van der Waals surface area contributed by atoms with Gasteiger partial charge in [-0.3, -0.25) is 4.79 Å². The molecule has 0 saturated carbocycles. The van der Waals surface area contributed by atoms with Crippen molar-refractivity contribution in [2.75, 3.05) is 19.6 Å². The van der Waals surface area contributed by atoms with Gasteiger partial charge < -0.3 is 14.6 Å². The van der Waals surface area contributed by atoms with Crippen LogP contribution in [0.3, 0.4) is 0 Å². The largest absolute Gasteiger partial charge is 0.464 e. The number of carbonyl (C=O) groups is 1. The van der Waals surface area contributed by atoms with E-state index >= 15 is 0 Å². The van der Waals surface area contributed by atoms with Crippen molar-refractivity contribution < 1.29 is 9.21 Å². The standard InChI is InChI=1S/C16H18N2O2/c19-16(13-2-1-12-4-6-20-15(12)8-13)17-14-7-11-3-5-18(9-11)10-14/h1-2,4,6,8,11,14H,3,5,7,9-10H2,(H,17,19)/t11-,14+/m0/s1. The summed E-state index contributed by atoms with van der Waals surface area (Å²) in [5.41, 5.74) is 1.45. The Kier molecular flexibility index (Phi) is 2.77. The Morgan fingerprint density at radius 2 is 2.25 bits per heavy atom. The first-order valence-corrected chi connectivity index (χ1v) is 7.28. The Balaban J connectivity index is 1.49. The SMILES string of the molecule is O=C(N[C@@H]1C[C@@H]2CCN(C2)C1)c1ccc2ccoc2c1. The third-order valence-corrected chi connectivity index (χ3v) is 4.52. The molecule has 2 fully saturated rings. The van der Waals surface area contributed by atoms with Crippen LogP contribution < -0.4 is 5.32 Å². The fourth-order valence-corrected chi connectivity index (χ4v) is 3.53. The van der Waals surface area contributed by atoms with E-state index in [2.05, 4.69) is 10.2 Å². The molecule has 4 rings (SSSR count). The number of hydrogen-bond donors (Lipinski definition) is 1. The van der Waals surface area contributed by atoms with E-state index in [0.717, 1.165) is 29.9 Å². The molecule has 2 bridgehead atoms. The van der Waals surface area contributed by atoms with Gasteiger partial charge in [-0.05, 0) is 43.5 Å². The molecule has 3 heterocycles. The maximum Gasteiger partial charge on any atom is 0.251 e. The summed E-state index contributed by atoms with van der Waals surface area (Å²) in [6, 6.07) is 7.81. The third kappa shape index (κ3) is 2.10. The zero-order valence-corrected chi connectivity index (χ0v) is 11.3. The Morgan fingerprint density at radius 3 is 3.15 bits per heavy atom. The van der Waals surface area contributed by atoms with Crippen molar-refractivity contribution in [3.8, 4) is 0 Å². The molecule has 1 aromatic heterocycles. The summed E-state index contributed by atoms with van der Waals surface area (Å²) in [6.07, 6.45) is 4.05. The Hall–Kier alpha value is -1.81. The zero-order valence-electron chi connectivity index (χ0n) is 11.3. The van der Waals surface area contributed by atoms with Gasteiger partial charge in [0.15, 0.2) is 0 Å². The lowest BCUT2D eigenvalue weighted by Crippen LogP contribution is -2.47. The molecule has 104 valence electrons. The van der Waals surface area contributed by atoms with Gasteiger partial charge in [-0.25, -0.2) is 0 Å². The Morgan fingerprint density at radius 1 is 1.30 bits per heavy atom. The molecule has 4 nitrogen and oxygen atoms in total. The number of piperidine rings is 1. The minimum atomic E-state index is 0.0100. The second-order valence-corrected chi connectivity index (χ2v) is 5.99. The highest BCUT2D eigenvalue weighted by Gasteiger charge is 2.32. The molecule has 2 saturated heterocycles. The maximum atomic E-state index is 12.3. The van der Waals surface area contributed by atoms with Gasteiger partial charge in [0.05, 0.1) is 6.26 Å². The number of amides is 1. The maximum absolute atomic E-state index is 12.3. The molecule has 3 atom stereocenters. The van der Waals surface area contributed by atoms with Crippen LogP contribution in [0.1, 0.15) is 23.2 Å². The summed E-state index contributed by atoms with van der Waals surface area (Å²) in [5, 5.41) is 4.20. The number of nitrogens with zero attached hydrogens (tertiary/aromatic N) is 1. The van der Waals surface area contributed by atoms with Crippen molar-refractivity contribution in [1.82, 2.24) is 10.2 Å². The van der Waals surface area contributed by atoms with E-state index in [0.29, 0.717) is 5.56 Å². The summed E-state index contributed by atoms with van der Waals surface area (Å²) >= 11 is 0. The number of hydrogen-bond acceptors (Lipinski definition) is 3. The fourth-order valence-electron chi connectivity index (χ4n) is 3.53. The quantitative estimate of drug-likeness (QED) is 0.910. The highest BCUT2D eigenvalue weighted by Crippen LogP contribution is 2.27. The van der Waals surface area contributed by atoms with E-state index < -0.39 is 0 Å². The fraction of sp³-hybridized carbons (Fsp3) is 0.438. The van der Waals surface area contributed by atoms with Gasteiger partial charge in [-0.15, -0.1) is 0 Å².